The molecule has 16 nitrogen and oxygen atoms in total. The quantitative estimate of drug-likeness (QED) is 0.132. The molecule has 6 amide bonds. The Balaban J connectivity index is 1.58. The van der Waals surface area contributed by atoms with E-state index in [4.69, 9.17) is 4.74 Å². The van der Waals surface area contributed by atoms with Gasteiger partial charge in [0.25, 0.3) is 11.5 Å². The van der Waals surface area contributed by atoms with E-state index in [0.717, 1.165) is 10.9 Å². The summed E-state index contributed by atoms with van der Waals surface area (Å²) in [6.45, 7) is 11.4. The van der Waals surface area contributed by atoms with E-state index in [1.54, 1.807) is 50.4 Å². The second-order valence-electron chi connectivity index (χ2n) is 16.6. The van der Waals surface area contributed by atoms with Crippen LogP contribution in [0.1, 0.15) is 73.8 Å². The highest BCUT2D eigenvalue weighted by atomic mass is 16.5. The number of amides is 6. The Kier molecular flexibility index (Phi) is 15.1. The number of fused-ring (bicyclic) bond motifs is 1. The molecule has 5 rings (SSSR count). The molecule has 1 fully saturated rings. The number of aryl methyl sites for hydroxylation is 2. The Hall–Kier alpha value is -6.45. The van der Waals surface area contributed by atoms with Crippen LogP contribution in [0, 0.1) is 25.7 Å². The van der Waals surface area contributed by atoms with Crippen molar-refractivity contribution < 1.29 is 33.5 Å². The fourth-order valence-electron chi connectivity index (χ4n) is 7.44. The fraction of sp³-hybridized carbons (Fsp3) is 0.444. The zero-order valence-corrected chi connectivity index (χ0v) is 36.1. The first-order valence-corrected chi connectivity index (χ1v) is 20.6. The number of carbonyl (C=O) groups is 6. The smallest absolute Gasteiger partial charge is 0.261 e. The van der Waals surface area contributed by atoms with Crippen LogP contribution in [0.4, 0.5) is 0 Å². The maximum Gasteiger partial charge on any atom is 0.261 e. The number of H-pyrrole nitrogens is 2. The highest BCUT2D eigenvalue weighted by Gasteiger charge is 2.34. The standard InChI is InChI=1S/C45H58N8O8/c1-24(2)17-34-42(57)51-35(19-29-13-15-31(61-8)16-14-29)41(56)48-28(7)40(55)52-37(25(3)4)22-53(45(60)39-26(5)18-27(6)47-44(39)59)23-38(54)49-36(43(58)50-34)20-30-21-46-33-12-10-9-11-32(30)33/h9-16,18,21,24-25,28,34-37,46H,17,19-20,22-23H2,1-8H3,(H,47,59)(H,48,56)(H,49,54)(H,50,58)(H,51,57)(H,52,55)/t28-,34+,35+,36-,37-/m1/s1. The number of methoxy groups -OCH3 is 1. The van der Waals surface area contributed by atoms with Crippen LogP contribution in [0.3, 0.4) is 0 Å². The van der Waals surface area contributed by atoms with Crippen LogP contribution in [-0.4, -0.2) is 101 Å². The minimum Gasteiger partial charge on any atom is -0.497 e. The molecule has 16 heteroatoms. The minimum absolute atomic E-state index is 0.00730. The number of rotatable bonds is 9. The molecule has 0 unspecified atom stereocenters. The summed E-state index contributed by atoms with van der Waals surface area (Å²) in [6, 6.07) is 10.7. The molecule has 0 saturated carbocycles. The van der Waals surface area contributed by atoms with E-state index in [0.29, 0.717) is 28.1 Å². The first kappa shape index (κ1) is 45.6. The summed E-state index contributed by atoms with van der Waals surface area (Å²) in [6.07, 6.45) is 1.98. The molecule has 0 aliphatic carbocycles. The molecule has 0 spiro atoms. The molecule has 4 aromatic rings. The van der Waals surface area contributed by atoms with Crippen LogP contribution in [0.5, 0.6) is 5.75 Å². The molecule has 0 bridgehead atoms. The lowest BCUT2D eigenvalue weighted by Crippen LogP contribution is -2.60. The molecule has 2 aromatic carbocycles. The third-order valence-electron chi connectivity index (χ3n) is 10.8. The highest BCUT2D eigenvalue weighted by Crippen LogP contribution is 2.20. The largest absolute Gasteiger partial charge is 0.497 e. The van der Waals surface area contributed by atoms with Gasteiger partial charge in [-0.2, -0.15) is 0 Å². The third kappa shape index (κ3) is 11.9. The van der Waals surface area contributed by atoms with Gasteiger partial charge in [0.1, 0.15) is 35.5 Å². The SMILES string of the molecule is COc1ccc(C[C@@H]2NC(=O)[C@H](CC(C)C)NC(=O)[C@@H](Cc3c[nH]c4ccccc34)NC(=O)CN(C(=O)c3c(C)cc(C)[nH]c3=O)C[C@H](C(C)C)NC(=O)[C@@H](C)NC2=O)cc1. The van der Waals surface area contributed by atoms with Gasteiger partial charge in [0, 0.05) is 48.2 Å². The number of carbonyl (C=O) groups excluding carboxylic acids is 6. The predicted octanol–water partition coefficient (Wildman–Crippen LogP) is 2.57. The summed E-state index contributed by atoms with van der Waals surface area (Å²) in [5.74, 6) is -3.77. The number of para-hydroxylation sites is 1. The van der Waals surface area contributed by atoms with Crippen molar-refractivity contribution in [2.45, 2.75) is 97.9 Å². The molecular weight excluding hydrogens is 781 g/mol. The van der Waals surface area contributed by atoms with Crippen molar-refractivity contribution in [1.29, 1.82) is 0 Å². The maximum absolute atomic E-state index is 14.4. The summed E-state index contributed by atoms with van der Waals surface area (Å²) >= 11 is 0. The molecule has 1 aliphatic heterocycles. The summed E-state index contributed by atoms with van der Waals surface area (Å²) < 4.78 is 5.29. The van der Waals surface area contributed by atoms with Crippen molar-refractivity contribution in [3.05, 3.63) is 99.1 Å². The van der Waals surface area contributed by atoms with Gasteiger partial charge in [-0.05, 0) is 80.0 Å². The Morgan fingerprint density at radius 1 is 0.787 bits per heavy atom. The topological polar surface area (TPSA) is 224 Å². The average Bonchev–Trinajstić information content (AvgIpc) is 3.61. The van der Waals surface area contributed by atoms with E-state index in [1.165, 1.54) is 18.9 Å². The normalized spacial score (nSPS) is 21.2. The predicted molar refractivity (Wildman–Crippen MR) is 231 cm³/mol. The van der Waals surface area contributed by atoms with Crippen LogP contribution in [0.15, 0.2) is 65.6 Å². The zero-order valence-electron chi connectivity index (χ0n) is 36.1. The summed E-state index contributed by atoms with van der Waals surface area (Å²) in [5, 5.41) is 15.0. The second-order valence-corrected chi connectivity index (χ2v) is 16.6. The van der Waals surface area contributed by atoms with Gasteiger partial charge >= 0.3 is 0 Å². The van der Waals surface area contributed by atoms with Gasteiger partial charge in [-0.3, -0.25) is 33.6 Å². The lowest BCUT2D eigenvalue weighted by molar-refractivity contribution is -0.135. The Bertz CT molecular complexity index is 2300. The fourth-order valence-corrected chi connectivity index (χ4v) is 7.44. The molecule has 5 atom stereocenters. The Labute approximate surface area is 355 Å². The first-order valence-electron chi connectivity index (χ1n) is 20.6. The van der Waals surface area contributed by atoms with Crippen molar-refractivity contribution in [3.8, 4) is 5.75 Å². The van der Waals surface area contributed by atoms with Gasteiger partial charge in [0.05, 0.1) is 13.7 Å². The number of hydrogen-bond donors (Lipinski definition) is 7. The number of aromatic amines is 2. The number of ether oxygens (including phenoxy) is 1. The van der Waals surface area contributed by atoms with Crippen LogP contribution in [-0.2, 0) is 36.8 Å². The van der Waals surface area contributed by atoms with Crippen LogP contribution < -0.4 is 36.9 Å². The third-order valence-corrected chi connectivity index (χ3v) is 10.8. The molecule has 3 heterocycles. The highest BCUT2D eigenvalue weighted by molar-refractivity contribution is 5.99. The van der Waals surface area contributed by atoms with Gasteiger partial charge < -0.3 is 46.2 Å². The van der Waals surface area contributed by atoms with E-state index in [9.17, 15) is 33.6 Å². The summed E-state index contributed by atoms with van der Waals surface area (Å²) in [4.78, 5) is 105. The van der Waals surface area contributed by atoms with Crippen LogP contribution in [0.25, 0.3) is 10.9 Å². The van der Waals surface area contributed by atoms with E-state index in [1.807, 2.05) is 52.0 Å². The number of pyridine rings is 1. The van der Waals surface area contributed by atoms with Gasteiger partial charge in [-0.15, -0.1) is 0 Å². The Morgan fingerprint density at radius 2 is 1.43 bits per heavy atom. The summed E-state index contributed by atoms with van der Waals surface area (Å²) in [5.41, 5.74) is 2.34. The van der Waals surface area contributed by atoms with Crippen molar-refractivity contribution >= 4 is 46.3 Å². The molecule has 2 aromatic heterocycles. The molecule has 61 heavy (non-hydrogen) atoms. The number of aromatic nitrogens is 2. The Morgan fingerprint density at radius 3 is 2.08 bits per heavy atom. The van der Waals surface area contributed by atoms with E-state index >= 15 is 0 Å². The van der Waals surface area contributed by atoms with Crippen LogP contribution >= 0.6 is 0 Å². The van der Waals surface area contributed by atoms with Gasteiger partial charge in [-0.1, -0.05) is 58.0 Å². The van der Waals surface area contributed by atoms with Crippen molar-refractivity contribution in [3.63, 3.8) is 0 Å². The van der Waals surface area contributed by atoms with Crippen molar-refractivity contribution in [1.82, 2.24) is 41.5 Å². The number of hydrogen-bond acceptors (Lipinski definition) is 8. The number of benzene rings is 2. The monoisotopic (exact) mass is 838 g/mol. The van der Waals surface area contributed by atoms with Gasteiger partial charge in [0.2, 0.25) is 29.5 Å². The van der Waals surface area contributed by atoms with E-state index in [2.05, 4.69) is 36.6 Å². The molecule has 326 valence electrons. The molecule has 1 saturated heterocycles. The lowest BCUT2D eigenvalue weighted by Gasteiger charge is -2.32. The van der Waals surface area contributed by atoms with Crippen molar-refractivity contribution in [2.24, 2.45) is 11.8 Å². The molecule has 1 aliphatic rings. The second kappa shape index (κ2) is 20.2. The van der Waals surface area contributed by atoms with E-state index < -0.39 is 77.8 Å². The number of nitrogens with one attached hydrogen (secondary N) is 7. The van der Waals surface area contributed by atoms with Gasteiger partial charge in [0.15, 0.2) is 0 Å². The zero-order chi connectivity index (χ0) is 44.5. The molecule has 7 N–H and O–H groups in total. The van der Waals surface area contributed by atoms with Gasteiger partial charge in [-0.25, -0.2) is 0 Å². The maximum atomic E-state index is 14.4. The lowest BCUT2D eigenvalue weighted by atomic mass is 9.99. The molecule has 0 radical (unpaired) electrons. The van der Waals surface area contributed by atoms with E-state index in [-0.39, 0.29) is 43.2 Å². The first-order chi connectivity index (χ1) is 28.9. The molecular formula is C45H58N8O8. The van der Waals surface area contributed by atoms with Crippen molar-refractivity contribution in [2.75, 3.05) is 20.2 Å². The van der Waals surface area contributed by atoms with Crippen LogP contribution in [0.2, 0.25) is 0 Å². The summed E-state index contributed by atoms with van der Waals surface area (Å²) in [7, 11) is 1.53. The minimum atomic E-state index is -1.24. The number of nitrogens with zero attached hydrogens (tertiary/aromatic N) is 1. The average molecular weight is 839 g/mol.